The van der Waals surface area contributed by atoms with E-state index in [1.807, 2.05) is 6.07 Å². The van der Waals surface area contributed by atoms with Crippen LogP contribution < -0.4 is 0 Å². The van der Waals surface area contributed by atoms with Crippen molar-refractivity contribution in [1.82, 2.24) is 9.97 Å². The summed E-state index contributed by atoms with van der Waals surface area (Å²) in [5, 5.41) is 7.36. The average molecular weight is 383 g/mol. The van der Waals surface area contributed by atoms with E-state index < -0.39 is 0 Å². The Kier molecular flexibility index (Phi) is 3.30. The Morgan fingerprint density at radius 2 is 1.22 bits per heavy atom. The SMILES string of the molecule is c1ccc2sc(Cc3nc4c5ccccc5c5ccccc5c4s3)nc2c1. The zero-order valence-electron chi connectivity index (χ0n) is 14.3. The molecular formula is C23H14N2S2. The second-order valence-electron chi connectivity index (χ2n) is 6.63. The predicted molar refractivity (Wildman–Crippen MR) is 117 cm³/mol. The molecule has 0 amide bonds. The van der Waals surface area contributed by atoms with E-state index in [0.717, 1.165) is 27.5 Å². The van der Waals surface area contributed by atoms with Crippen molar-refractivity contribution in [2.75, 3.05) is 0 Å². The van der Waals surface area contributed by atoms with Gasteiger partial charge in [0, 0.05) is 10.8 Å². The second kappa shape index (κ2) is 5.84. The minimum absolute atomic E-state index is 0.793. The van der Waals surface area contributed by atoms with E-state index in [9.17, 15) is 0 Å². The Balaban J connectivity index is 1.58. The fourth-order valence-electron chi connectivity index (χ4n) is 3.77. The topological polar surface area (TPSA) is 25.8 Å². The average Bonchev–Trinajstić information content (AvgIpc) is 3.32. The van der Waals surface area contributed by atoms with E-state index in [-0.39, 0.29) is 0 Å². The molecule has 0 saturated carbocycles. The molecular weight excluding hydrogens is 368 g/mol. The second-order valence-corrected chi connectivity index (χ2v) is 8.83. The van der Waals surface area contributed by atoms with Crippen LogP contribution >= 0.6 is 22.7 Å². The first-order valence-electron chi connectivity index (χ1n) is 8.90. The molecule has 0 radical (unpaired) electrons. The molecule has 0 aliphatic carbocycles. The van der Waals surface area contributed by atoms with Gasteiger partial charge in [0.1, 0.15) is 10.0 Å². The Labute approximate surface area is 163 Å². The maximum Gasteiger partial charge on any atom is 0.101 e. The highest BCUT2D eigenvalue weighted by molar-refractivity contribution is 7.20. The third-order valence-corrected chi connectivity index (χ3v) is 7.08. The van der Waals surface area contributed by atoms with Crippen LogP contribution in [-0.4, -0.2) is 9.97 Å². The van der Waals surface area contributed by atoms with Gasteiger partial charge in [-0.2, -0.15) is 0 Å². The predicted octanol–water partition coefficient (Wildman–Crippen LogP) is 6.80. The van der Waals surface area contributed by atoms with Crippen LogP contribution in [0.1, 0.15) is 10.0 Å². The molecule has 128 valence electrons. The molecule has 0 N–H and O–H groups in total. The van der Waals surface area contributed by atoms with Gasteiger partial charge in [0.05, 0.1) is 26.9 Å². The lowest BCUT2D eigenvalue weighted by Gasteiger charge is -2.05. The van der Waals surface area contributed by atoms with E-state index in [1.54, 1.807) is 22.7 Å². The molecule has 4 heteroatoms. The minimum Gasteiger partial charge on any atom is -0.241 e. The number of para-hydroxylation sites is 1. The van der Waals surface area contributed by atoms with Gasteiger partial charge in [-0.25, -0.2) is 9.97 Å². The van der Waals surface area contributed by atoms with E-state index in [0.29, 0.717) is 0 Å². The molecule has 0 bridgehead atoms. The van der Waals surface area contributed by atoms with Crippen molar-refractivity contribution < 1.29 is 0 Å². The summed E-state index contributed by atoms with van der Waals surface area (Å²) in [7, 11) is 0. The van der Waals surface area contributed by atoms with Gasteiger partial charge in [-0.3, -0.25) is 0 Å². The number of aromatic nitrogens is 2. The molecule has 0 spiro atoms. The van der Waals surface area contributed by atoms with Crippen LogP contribution in [0.15, 0.2) is 72.8 Å². The van der Waals surface area contributed by atoms with E-state index in [4.69, 9.17) is 9.97 Å². The maximum absolute atomic E-state index is 5.04. The van der Waals surface area contributed by atoms with Crippen LogP contribution in [0.3, 0.4) is 0 Å². The van der Waals surface area contributed by atoms with Crippen molar-refractivity contribution in [3.63, 3.8) is 0 Å². The first-order valence-corrected chi connectivity index (χ1v) is 10.5. The summed E-state index contributed by atoms with van der Waals surface area (Å²) in [6, 6.07) is 25.6. The lowest BCUT2D eigenvalue weighted by atomic mass is 10.0. The zero-order chi connectivity index (χ0) is 17.8. The van der Waals surface area contributed by atoms with Crippen LogP contribution in [0.25, 0.3) is 42.0 Å². The highest BCUT2D eigenvalue weighted by Crippen LogP contribution is 2.38. The number of rotatable bonds is 2. The molecule has 2 nitrogen and oxygen atoms in total. The molecule has 27 heavy (non-hydrogen) atoms. The standard InChI is InChI=1S/C23H14N2S2/c1-3-9-16-14(7-1)15-8-2-4-10-17(15)23-22(16)25-21(27-23)13-20-24-18-11-5-6-12-19(18)26-20/h1-12H,13H2. The molecule has 2 aromatic heterocycles. The summed E-state index contributed by atoms with van der Waals surface area (Å²) in [5.41, 5.74) is 2.19. The summed E-state index contributed by atoms with van der Waals surface area (Å²) < 4.78 is 2.52. The quantitative estimate of drug-likeness (QED) is 0.308. The Hall–Kier alpha value is -2.82. The molecule has 0 unspecified atom stereocenters. The summed E-state index contributed by atoms with van der Waals surface area (Å²) in [5.74, 6) is 0. The third-order valence-electron chi connectivity index (χ3n) is 4.96. The van der Waals surface area contributed by atoms with Crippen molar-refractivity contribution >= 4 is 64.7 Å². The first kappa shape index (κ1) is 15.3. The first-order chi connectivity index (χ1) is 13.4. The van der Waals surface area contributed by atoms with Crippen LogP contribution in [0, 0.1) is 0 Å². The van der Waals surface area contributed by atoms with Gasteiger partial charge in [-0.15, -0.1) is 22.7 Å². The third kappa shape index (κ3) is 2.37. The lowest BCUT2D eigenvalue weighted by Crippen LogP contribution is -1.85. The van der Waals surface area contributed by atoms with Gasteiger partial charge in [0.25, 0.3) is 0 Å². The molecule has 4 aromatic carbocycles. The Bertz CT molecular complexity index is 1350. The molecule has 0 saturated heterocycles. The fraction of sp³-hybridized carbons (Fsp3) is 0.0435. The van der Waals surface area contributed by atoms with Crippen LogP contribution in [0.5, 0.6) is 0 Å². The van der Waals surface area contributed by atoms with Gasteiger partial charge in [0.15, 0.2) is 0 Å². The molecule has 6 rings (SSSR count). The van der Waals surface area contributed by atoms with Gasteiger partial charge in [-0.1, -0.05) is 60.7 Å². The minimum atomic E-state index is 0.793. The van der Waals surface area contributed by atoms with Crippen LogP contribution in [-0.2, 0) is 6.42 Å². The molecule has 0 aliphatic rings. The number of fused-ring (bicyclic) bond motifs is 7. The smallest absolute Gasteiger partial charge is 0.101 e. The number of nitrogens with zero attached hydrogens (tertiary/aromatic N) is 2. The maximum atomic E-state index is 5.04. The summed E-state index contributed by atoms with van der Waals surface area (Å²) in [6.45, 7) is 0. The lowest BCUT2D eigenvalue weighted by molar-refractivity contribution is 1.13. The Morgan fingerprint density at radius 1 is 0.593 bits per heavy atom. The van der Waals surface area contributed by atoms with Crippen molar-refractivity contribution in [3.8, 4) is 0 Å². The largest absolute Gasteiger partial charge is 0.241 e. The normalized spacial score (nSPS) is 11.9. The van der Waals surface area contributed by atoms with E-state index in [1.165, 1.54) is 30.9 Å². The van der Waals surface area contributed by atoms with E-state index in [2.05, 4.69) is 66.7 Å². The number of thiazole rings is 2. The van der Waals surface area contributed by atoms with Crippen LogP contribution in [0.4, 0.5) is 0 Å². The highest BCUT2D eigenvalue weighted by Gasteiger charge is 2.14. The summed E-state index contributed by atoms with van der Waals surface area (Å²) in [6.07, 6.45) is 0.793. The van der Waals surface area contributed by atoms with Gasteiger partial charge < -0.3 is 0 Å². The molecule has 2 heterocycles. The van der Waals surface area contributed by atoms with Crippen molar-refractivity contribution in [1.29, 1.82) is 0 Å². The molecule has 0 aliphatic heterocycles. The van der Waals surface area contributed by atoms with Crippen LogP contribution in [0.2, 0.25) is 0 Å². The molecule has 0 fully saturated rings. The number of benzene rings is 4. The van der Waals surface area contributed by atoms with Gasteiger partial charge in [-0.05, 0) is 22.9 Å². The summed E-state index contributed by atoms with van der Waals surface area (Å²) >= 11 is 3.57. The highest BCUT2D eigenvalue weighted by atomic mass is 32.1. The van der Waals surface area contributed by atoms with Gasteiger partial charge in [0.2, 0.25) is 0 Å². The molecule has 0 atom stereocenters. The fourth-order valence-corrected chi connectivity index (χ4v) is 5.96. The van der Waals surface area contributed by atoms with Crippen molar-refractivity contribution in [2.24, 2.45) is 0 Å². The van der Waals surface area contributed by atoms with Gasteiger partial charge >= 0.3 is 0 Å². The van der Waals surface area contributed by atoms with Crippen molar-refractivity contribution in [2.45, 2.75) is 6.42 Å². The zero-order valence-corrected chi connectivity index (χ0v) is 16.0. The number of hydrogen-bond acceptors (Lipinski definition) is 4. The number of hydrogen-bond donors (Lipinski definition) is 0. The summed E-state index contributed by atoms with van der Waals surface area (Å²) in [4.78, 5) is 9.83. The Morgan fingerprint density at radius 3 is 2.04 bits per heavy atom. The molecule has 6 aromatic rings. The monoisotopic (exact) mass is 382 g/mol. The van der Waals surface area contributed by atoms with E-state index >= 15 is 0 Å². The van der Waals surface area contributed by atoms with Crippen molar-refractivity contribution in [3.05, 3.63) is 82.8 Å².